The van der Waals surface area contributed by atoms with E-state index >= 15 is 0 Å². The highest BCUT2D eigenvalue weighted by Crippen LogP contribution is 2.51. The normalized spacial score (nSPS) is 13.6. The number of fused-ring (bicyclic) bond motifs is 4. The van der Waals surface area contributed by atoms with Gasteiger partial charge in [0.1, 0.15) is 23.3 Å². The van der Waals surface area contributed by atoms with Crippen molar-refractivity contribution in [3.8, 4) is 23.5 Å². The molecule has 12 aromatic carbocycles. The fraction of sp³-hybridized carbons (Fsp3) is 0.311. The predicted octanol–water partition coefficient (Wildman–Crippen LogP) is 26.5. The second-order valence-corrected chi connectivity index (χ2v) is 41.9. The molecule has 0 saturated heterocycles. The van der Waals surface area contributed by atoms with Crippen LogP contribution in [0.5, 0.6) is 23.5 Å². The maximum atomic E-state index is 13.5. The lowest BCUT2D eigenvalue weighted by Crippen LogP contribution is -2.40. The Morgan fingerprint density at radius 1 is 0.268 bits per heavy atom. The molecule has 8 atom stereocenters. The maximum Gasteiger partial charge on any atom is 0.217 e. The summed E-state index contributed by atoms with van der Waals surface area (Å²) in [6, 6.07) is 98.4. The number of benzene rings is 12. The van der Waals surface area contributed by atoms with Gasteiger partial charge in [0.25, 0.3) is 0 Å². The Labute approximate surface area is 916 Å². The first-order chi connectivity index (χ1) is 70.1. The van der Waals surface area contributed by atoms with Gasteiger partial charge >= 0.3 is 0 Å². The van der Waals surface area contributed by atoms with Crippen LogP contribution >= 0.6 is 63.7 Å². The van der Waals surface area contributed by atoms with Gasteiger partial charge in [0.15, 0.2) is 0 Å². The summed E-state index contributed by atoms with van der Waals surface area (Å²) in [5.74, 6) is -0.572. The number of rotatable bonds is 40. The zero-order chi connectivity index (χ0) is 105. The largest absolute Gasteiger partial charge is 0.481 e. The van der Waals surface area contributed by atoms with Crippen molar-refractivity contribution in [2.45, 2.75) is 138 Å². The molecule has 16 aromatic rings. The second kappa shape index (κ2) is 58.0. The number of hydrogen-bond donors (Lipinski definition) is 4. The van der Waals surface area contributed by atoms with Gasteiger partial charge in [-0.2, -0.15) is 0 Å². The SMILES string of the molecule is C.C.COc1nc2ccc(Br)cc2cc1C(c1ccccc1)C(O)(CCc1ccc(F)cc1)CCN(C)C.COc1nc2ccc(Br)cc2cc1C(c1ccccc1)C(O)(CCc1ccc(F)cc1)CCN(C)C.COc1nc2ccc(Br)cc2cc1C(c1ccccc1)C(O)(CCc1ccc(F)cc1)CCN(C)C.COc1nc2ccc(Br)cc2cc1C(c1ccccc1)C(O)(CCc1ccc(F)cc1)CCN(C)C.[B].[B][B]. The molecule has 0 amide bonds. The average Bonchev–Trinajstić information content (AvgIpc) is 0.771. The number of pyridine rings is 4. The highest BCUT2D eigenvalue weighted by Gasteiger charge is 2.46. The molecule has 777 valence electrons. The minimum absolute atomic E-state index is 0. The summed E-state index contributed by atoms with van der Waals surface area (Å²) in [5.41, 5.74) is 10.1. The van der Waals surface area contributed by atoms with Gasteiger partial charge in [-0.1, -0.05) is 248 Å². The molecule has 0 aliphatic heterocycles. The third-order valence-electron chi connectivity index (χ3n) is 26.8. The zero-order valence-corrected chi connectivity index (χ0v) is 91.7. The maximum absolute atomic E-state index is 13.5. The zero-order valence-electron chi connectivity index (χ0n) is 85.4. The Hall–Kier alpha value is -11.0. The van der Waals surface area contributed by atoms with Crippen LogP contribution < -0.4 is 18.9 Å². The van der Waals surface area contributed by atoms with Crippen molar-refractivity contribution in [1.82, 2.24) is 39.5 Å². The molecule has 0 bridgehead atoms. The Morgan fingerprint density at radius 2 is 0.443 bits per heavy atom. The van der Waals surface area contributed by atoms with E-state index in [1.54, 1.807) is 77.0 Å². The highest BCUT2D eigenvalue weighted by molar-refractivity contribution is 9.11. The molecule has 7 radical (unpaired) electrons. The molecule has 4 heterocycles. The van der Waals surface area contributed by atoms with Crippen LogP contribution in [0.25, 0.3) is 43.6 Å². The van der Waals surface area contributed by atoms with Gasteiger partial charge in [-0.15, -0.1) is 0 Å². The first-order valence-electron chi connectivity index (χ1n) is 48.7. The van der Waals surface area contributed by atoms with Crippen LogP contribution in [-0.2, 0) is 25.7 Å². The van der Waals surface area contributed by atoms with Gasteiger partial charge in [0.05, 0.1) is 72.9 Å². The number of aliphatic hydroxyl groups is 4. The highest BCUT2D eigenvalue weighted by atomic mass is 79.9. The van der Waals surface area contributed by atoms with Gasteiger partial charge < -0.3 is 59.0 Å². The van der Waals surface area contributed by atoms with Gasteiger partial charge in [0, 0.05) is 135 Å². The van der Waals surface area contributed by atoms with Crippen molar-refractivity contribution in [2.75, 3.05) is 111 Å². The van der Waals surface area contributed by atoms with Gasteiger partial charge in [0.2, 0.25) is 23.5 Å². The Kier molecular flexibility index (Phi) is 47.3. The standard InChI is InChI=1S/4C30H32BrFN2O2.2CH4.B2.B/c4*1-34(2)18-17-30(35,16-15-21-9-12-25(32)13-10-21)28(22-7-5-4-6-8-22)26-20-23-19-24(31)11-14-27(23)33-29(26)36-3;;;1-2;/h4*4-14,19-20,28,35H,15-18H2,1-3H3;2*1H4;;. The summed E-state index contributed by atoms with van der Waals surface area (Å²) >= 11 is 14.3. The molecular formula is C122H136B3Br4F4N8O8. The molecule has 0 aliphatic carbocycles. The lowest BCUT2D eigenvalue weighted by molar-refractivity contribution is 0.000433. The van der Waals surface area contributed by atoms with Crippen LogP contribution in [0.3, 0.4) is 0 Å². The molecule has 0 spiro atoms. The van der Waals surface area contributed by atoms with E-state index in [-0.39, 0.29) is 70.2 Å². The number of halogens is 8. The number of nitrogens with zero attached hydrogens (tertiary/aromatic N) is 8. The molecule has 16 nitrogen and oxygen atoms in total. The van der Waals surface area contributed by atoms with E-state index < -0.39 is 22.4 Å². The Bertz CT molecular complexity index is 6030. The smallest absolute Gasteiger partial charge is 0.217 e. The molecule has 0 saturated carbocycles. The fourth-order valence-corrected chi connectivity index (χ4v) is 20.7. The van der Waals surface area contributed by atoms with Crippen LogP contribution in [0.4, 0.5) is 17.6 Å². The van der Waals surface area contributed by atoms with E-state index in [2.05, 4.69) is 123 Å². The first-order valence-corrected chi connectivity index (χ1v) is 51.9. The Balaban J connectivity index is 0.000000218. The molecule has 8 unspecified atom stereocenters. The van der Waals surface area contributed by atoms with Crippen LogP contribution in [0.15, 0.2) is 333 Å². The van der Waals surface area contributed by atoms with Crippen LogP contribution in [0, 0.1) is 23.3 Å². The van der Waals surface area contributed by atoms with Crippen LogP contribution in [0.1, 0.15) is 157 Å². The molecule has 16 rings (SSSR count). The monoisotopic (exact) mass is 2270 g/mol. The van der Waals surface area contributed by atoms with Gasteiger partial charge in [-0.3, -0.25) is 0 Å². The predicted molar refractivity (Wildman–Crippen MR) is 619 cm³/mol. The van der Waals surface area contributed by atoms with Crippen molar-refractivity contribution in [3.05, 3.63) is 423 Å². The fourth-order valence-electron chi connectivity index (χ4n) is 19.1. The quantitative estimate of drug-likeness (QED) is 0.0210. The van der Waals surface area contributed by atoms with Crippen LogP contribution in [-0.4, -0.2) is 217 Å². The van der Waals surface area contributed by atoms with Gasteiger partial charge in [-0.25, -0.2) is 37.5 Å². The lowest BCUT2D eigenvalue weighted by Gasteiger charge is -2.38. The van der Waals surface area contributed by atoms with Crippen molar-refractivity contribution in [2.24, 2.45) is 0 Å². The average molecular weight is 2270 g/mol. The van der Waals surface area contributed by atoms with E-state index in [9.17, 15) is 38.0 Å². The number of ether oxygens (including phenoxy) is 4. The molecule has 0 aliphatic rings. The molecule has 149 heavy (non-hydrogen) atoms. The summed E-state index contributed by atoms with van der Waals surface area (Å²) in [5, 5.41) is 53.9. The van der Waals surface area contributed by atoms with Crippen LogP contribution in [0.2, 0.25) is 0 Å². The summed E-state index contributed by atoms with van der Waals surface area (Å²) in [4.78, 5) is 27.6. The summed E-state index contributed by atoms with van der Waals surface area (Å²) in [6.07, 6.45) is 6.59. The summed E-state index contributed by atoms with van der Waals surface area (Å²) < 4.78 is 81.0. The number of hydrogen-bond acceptors (Lipinski definition) is 16. The molecule has 0 fully saturated rings. The number of aromatic nitrogens is 4. The molecular weight excluding hydrogens is 2130 g/mol. The first kappa shape index (κ1) is 122. The summed E-state index contributed by atoms with van der Waals surface area (Å²) in [7, 11) is 30.5. The van der Waals surface area contributed by atoms with E-state index in [1.807, 2.05) is 251 Å². The minimum Gasteiger partial charge on any atom is -0.481 e. The van der Waals surface area contributed by atoms with Crippen molar-refractivity contribution in [3.63, 3.8) is 0 Å². The minimum atomic E-state index is -1.12. The number of methoxy groups -OCH3 is 4. The van der Waals surface area contributed by atoms with E-state index in [0.717, 1.165) is 128 Å². The van der Waals surface area contributed by atoms with Crippen molar-refractivity contribution < 1.29 is 56.9 Å². The molecule has 27 heteroatoms. The topological polar surface area (TPSA) is 182 Å². The third-order valence-corrected chi connectivity index (χ3v) is 28.8. The Morgan fingerprint density at radius 3 is 0.604 bits per heavy atom. The third kappa shape index (κ3) is 33.5. The number of aryl methyl sites for hydroxylation is 4. The lowest BCUT2D eigenvalue weighted by atomic mass is 9.72. The summed E-state index contributed by atoms with van der Waals surface area (Å²) in [6.45, 7) is 2.83. The van der Waals surface area contributed by atoms with Crippen molar-refractivity contribution in [1.29, 1.82) is 0 Å². The van der Waals surface area contributed by atoms with Crippen molar-refractivity contribution >= 4 is 131 Å². The van der Waals surface area contributed by atoms with Gasteiger partial charge in [-0.05, 0) is 324 Å². The molecule has 4 N–H and O–H groups in total. The van der Waals surface area contributed by atoms with E-state index in [0.29, 0.717) is 127 Å². The van der Waals surface area contributed by atoms with E-state index in [1.165, 1.54) is 48.5 Å². The second-order valence-electron chi connectivity index (χ2n) is 38.2. The van der Waals surface area contributed by atoms with E-state index in [4.69, 9.17) is 38.9 Å². The molecule has 4 aromatic heterocycles.